The number of rotatable bonds is 26. The first-order valence-corrected chi connectivity index (χ1v) is 23.9. The van der Waals surface area contributed by atoms with E-state index in [0.717, 1.165) is 5.56 Å². The van der Waals surface area contributed by atoms with Crippen molar-refractivity contribution in [1.29, 1.82) is 0 Å². The number of ether oxygens (including phenoxy) is 2. The highest BCUT2D eigenvalue weighted by molar-refractivity contribution is 6.21. The molecule has 0 bridgehead atoms. The van der Waals surface area contributed by atoms with Crippen LogP contribution in [0.2, 0.25) is 0 Å². The largest absolute Gasteiger partial charge is 0.480 e. The van der Waals surface area contributed by atoms with Crippen LogP contribution < -0.4 is 10.6 Å². The number of carboxylic acid groups (broad SMARTS) is 1. The fourth-order valence-corrected chi connectivity index (χ4v) is 9.86. The number of amides is 6. The van der Waals surface area contributed by atoms with Crippen molar-refractivity contribution in [3.05, 3.63) is 71.3 Å². The molecule has 0 aliphatic carbocycles. The van der Waals surface area contributed by atoms with Gasteiger partial charge in [-0.15, -0.1) is 0 Å². The zero-order chi connectivity index (χ0) is 49.7. The number of benzene rings is 2. The van der Waals surface area contributed by atoms with Gasteiger partial charge >= 0.3 is 5.97 Å². The van der Waals surface area contributed by atoms with Gasteiger partial charge in [0.1, 0.15) is 12.1 Å². The van der Waals surface area contributed by atoms with E-state index in [9.17, 15) is 38.7 Å². The maximum Gasteiger partial charge on any atom is 0.326 e. The summed E-state index contributed by atoms with van der Waals surface area (Å²) >= 11 is 0. The average molecular weight is 933 g/mol. The summed E-state index contributed by atoms with van der Waals surface area (Å²) in [5.74, 6) is -4.32. The predicted octanol–water partition coefficient (Wildman–Crippen LogP) is 4.89. The van der Waals surface area contributed by atoms with E-state index >= 15 is 0 Å². The molecule has 2 aliphatic rings. The number of imide groups is 1. The summed E-state index contributed by atoms with van der Waals surface area (Å²) in [6.45, 7) is 14.6. The van der Waals surface area contributed by atoms with Gasteiger partial charge in [-0.3, -0.25) is 38.6 Å². The molecular formula is C51H76N6O10. The maximum absolute atomic E-state index is 14.6. The lowest BCUT2D eigenvalue weighted by Gasteiger charge is -2.41. The zero-order valence-electron chi connectivity index (χ0n) is 41.5. The van der Waals surface area contributed by atoms with Crippen molar-refractivity contribution in [2.75, 3.05) is 47.9 Å². The van der Waals surface area contributed by atoms with E-state index in [-0.39, 0.29) is 66.7 Å². The molecule has 370 valence electrons. The Morgan fingerprint density at radius 2 is 1.43 bits per heavy atom. The van der Waals surface area contributed by atoms with E-state index in [4.69, 9.17) is 9.47 Å². The van der Waals surface area contributed by atoms with Crippen LogP contribution in [0, 0.1) is 23.7 Å². The Morgan fingerprint density at radius 3 is 1.97 bits per heavy atom. The minimum absolute atomic E-state index is 0.0548. The van der Waals surface area contributed by atoms with Crippen LogP contribution in [0.3, 0.4) is 0 Å². The topological polar surface area (TPSA) is 195 Å². The number of methoxy groups -OCH3 is 2. The van der Waals surface area contributed by atoms with Gasteiger partial charge in [0.15, 0.2) is 0 Å². The normalized spacial score (nSPS) is 18.6. The Labute approximate surface area is 397 Å². The molecular weight excluding hydrogens is 857 g/mol. The molecule has 2 aromatic rings. The molecule has 4 rings (SSSR count). The molecule has 16 nitrogen and oxygen atoms in total. The quantitative estimate of drug-likeness (QED) is 0.0859. The van der Waals surface area contributed by atoms with Crippen molar-refractivity contribution in [3.63, 3.8) is 0 Å². The Morgan fingerprint density at radius 1 is 0.821 bits per heavy atom. The number of hydrogen-bond donors (Lipinski definition) is 3. The number of fused-ring (bicyclic) bond motifs is 1. The minimum atomic E-state index is -1.15. The molecule has 3 N–H and O–H groups in total. The van der Waals surface area contributed by atoms with Crippen LogP contribution >= 0.6 is 0 Å². The lowest BCUT2D eigenvalue weighted by atomic mass is 9.89. The average Bonchev–Trinajstić information content (AvgIpc) is 3.88. The molecule has 2 aromatic carbocycles. The van der Waals surface area contributed by atoms with Crippen molar-refractivity contribution < 1.29 is 48.1 Å². The lowest BCUT2D eigenvalue weighted by Crippen LogP contribution is -2.60. The second-order valence-corrected chi connectivity index (χ2v) is 19.1. The van der Waals surface area contributed by atoms with Crippen molar-refractivity contribution in [2.24, 2.45) is 23.7 Å². The summed E-state index contributed by atoms with van der Waals surface area (Å²) in [5.41, 5.74) is 1.60. The monoisotopic (exact) mass is 933 g/mol. The Bertz CT molecular complexity index is 1980. The van der Waals surface area contributed by atoms with Gasteiger partial charge in [-0.1, -0.05) is 97.4 Å². The third-order valence-electron chi connectivity index (χ3n) is 13.8. The predicted molar refractivity (Wildman–Crippen MR) is 255 cm³/mol. The lowest BCUT2D eigenvalue weighted by molar-refractivity contribution is -0.148. The summed E-state index contributed by atoms with van der Waals surface area (Å²) < 4.78 is 12.0. The Balaban J connectivity index is 1.41. The van der Waals surface area contributed by atoms with Crippen LogP contribution in [0.15, 0.2) is 54.6 Å². The van der Waals surface area contributed by atoms with E-state index in [1.807, 2.05) is 71.7 Å². The first kappa shape index (κ1) is 54.4. The number of aliphatic carboxylic acids is 1. The van der Waals surface area contributed by atoms with Crippen molar-refractivity contribution >= 4 is 41.4 Å². The molecule has 1 fully saturated rings. The number of carbonyl (C=O) groups is 7. The first-order valence-electron chi connectivity index (χ1n) is 23.9. The fourth-order valence-electron chi connectivity index (χ4n) is 9.86. The third-order valence-corrected chi connectivity index (χ3v) is 13.8. The van der Waals surface area contributed by atoms with Gasteiger partial charge in [0.25, 0.3) is 11.8 Å². The molecule has 2 aliphatic heterocycles. The number of hydrogen-bond acceptors (Lipinski definition) is 10. The number of carbonyl (C=O) groups excluding carboxylic acids is 6. The van der Waals surface area contributed by atoms with E-state index in [1.54, 1.807) is 60.2 Å². The molecule has 9 atom stereocenters. The molecule has 2 heterocycles. The molecule has 0 saturated carbocycles. The number of carboxylic acids is 1. The van der Waals surface area contributed by atoms with Crippen molar-refractivity contribution in [3.8, 4) is 0 Å². The second-order valence-electron chi connectivity index (χ2n) is 19.1. The van der Waals surface area contributed by atoms with Gasteiger partial charge in [0.05, 0.1) is 53.8 Å². The highest BCUT2D eigenvalue weighted by atomic mass is 16.5. The zero-order valence-corrected chi connectivity index (χ0v) is 41.5. The van der Waals surface area contributed by atoms with Crippen LogP contribution in [0.4, 0.5) is 0 Å². The summed E-state index contributed by atoms with van der Waals surface area (Å²) in [7, 11) is 6.57. The van der Waals surface area contributed by atoms with E-state index in [1.165, 1.54) is 19.1 Å². The minimum Gasteiger partial charge on any atom is -0.480 e. The number of likely N-dealkylation sites (tertiary alicyclic amines) is 1. The van der Waals surface area contributed by atoms with Gasteiger partial charge in [-0.2, -0.15) is 0 Å². The summed E-state index contributed by atoms with van der Waals surface area (Å²) in [6.07, 6.45) is 1.75. The van der Waals surface area contributed by atoms with E-state index in [2.05, 4.69) is 10.6 Å². The molecule has 0 radical (unpaired) electrons. The van der Waals surface area contributed by atoms with Crippen LogP contribution in [0.25, 0.3) is 0 Å². The summed E-state index contributed by atoms with van der Waals surface area (Å²) in [6, 6.07) is 12.3. The van der Waals surface area contributed by atoms with Gasteiger partial charge < -0.3 is 35.0 Å². The Hall–Kier alpha value is -5.19. The molecule has 16 heteroatoms. The Kier molecular flexibility index (Phi) is 20.5. The molecule has 0 spiro atoms. The second kappa shape index (κ2) is 25.3. The number of likely N-dealkylation sites (N-methyl/N-ethyl adjacent to an activating group) is 2. The van der Waals surface area contributed by atoms with Gasteiger partial charge in [-0.05, 0) is 74.7 Å². The standard InChI is InChI=1S/C51H76N6O10/c1-12-33(6)44(40(66-10)30-41(58)56-28-20-25-39(56)45(67-11)34(7)46(59)52-38(51(64)65)29-35-21-14-13-15-22-35)55(9)50(63)42(31(2)3)53-47(60)43(32(4)5)54(8)26-18-19-27-57-48(61)36-23-16-17-24-37(36)49(57)62/h13-17,21-24,31-34,38-40,42-45H,12,18-20,25-30H2,1-11H3,(H,52,59)(H,53,60)(H,64,65)/t33-,34+,38-,39-,40+,42-,43-,44-,45+/m0/s1. The maximum atomic E-state index is 14.6. The van der Waals surface area contributed by atoms with Gasteiger partial charge in [-0.25, -0.2) is 4.79 Å². The fraction of sp³-hybridized carbons (Fsp3) is 0.627. The van der Waals surface area contributed by atoms with Crippen LogP contribution in [-0.2, 0) is 39.9 Å². The molecule has 0 aromatic heterocycles. The smallest absolute Gasteiger partial charge is 0.326 e. The van der Waals surface area contributed by atoms with Crippen LogP contribution in [0.1, 0.15) is 113 Å². The van der Waals surface area contributed by atoms with Gasteiger partial charge in [0.2, 0.25) is 23.6 Å². The SMILES string of the molecule is CC[C@H](C)[C@@H]([C@@H](CC(=O)N1CCC[C@H]1[C@H](OC)[C@@H](C)C(=O)N[C@@H](Cc1ccccc1)C(=O)O)OC)N(C)C(=O)[C@@H](NC(=O)[C@H](C(C)C)N(C)CCCCN1C(=O)c2ccccc2C1=O)C(C)C. The highest BCUT2D eigenvalue weighted by Crippen LogP contribution is 2.30. The highest BCUT2D eigenvalue weighted by Gasteiger charge is 2.44. The number of nitrogens with one attached hydrogen (secondary N) is 2. The van der Waals surface area contributed by atoms with E-state index in [0.29, 0.717) is 56.3 Å². The van der Waals surface area contributed by atoms with E-state index < -0.39 is 60.2 Å². The molecule has 0 unspecified atom stereocenters. The summed E-state index contributed by atoms with van der Waals surface area (Å²) in [4.78, 5) is 101. The number of unbranched alkanes of at least 4 members (excludes halogenated alkanes) is 1. The third kappa shape index (κ3) is 13.5. The molecule has 6 amide bonds. The molecule has 1 saturated heterocycles. The summed E-state index contributed by atoms with van der Waals surface area (Å²) in [5, 5.41) is 15.7. The van der Waals surface area contributed by atoms with Crippen molar-refractivity contribution in [1.82, 2.24) is 30.2 Å². The first-order chi connectivity index (χ1) is 31.8. The van der Waals surface area contributed by atoms with Gasteiger partial charge in [0, 0.05) is 40.8 Å². The van der Waals surface area contributed by atoms with Crippen molar-refractivity contribution in [2.45, 2.75) is 136 Å². The van der Waals surface area contributed by atoms with Crippen LogP contribution in [-0.4, -0.2) is 156 Å². The number of nitrogens with zero attached hydrogens (tertiary/aromatic N) is 4. The van der Waals surface area contributed by atoms with Crippen LogP contribution in [0.5, 0.6) is 0 Å². The molecule has 67 heavy (non-hydrogen) atoms.